The molecule has 1 saturated heterocycles. The summed E-state index contributed by atoms with van der Waals surface area (Å²) in [6.45, 7) is 45.3. The van der Waals surface area contributed by atoms with Crippen LogP contribution in [0.25, 0.3) is 0 Å². The molecule has 0 bridgehead atoms. The number of aliphatic hydroxyl groups excluding tert-OH is 1. The molecule has 0 saturated carbocycles. The Balaban J connectivity index is 3.72. The highest BCUT2D eigenvalue weighted by molar-refractivity contribution is 14.1. The van der Waals surface area contributed by atoms with Gasteiger partial charge in [-0.2, -0.15) is 0 Å². The summed E-state index contributed by atoms with van der Waals surface area (Å²) in [4.78, 5) is 14.4. The van der Waals surface area contributed by atoms with Crippen LogP contribution in [0.15, 0.2) is 10.2 Å². The third-order valence-electron chi connectivity index (χ3n) is 12.7. The molecule has 0 radical (unpaired) electrons. The Morgan fingerprint density at radius 3 is 1.73 bits per heavy atom. The Bertz CT molecular complexity index is 1060. The molecule has 1 N–H and O–H groups in total. The molecule has 1 rings (SSSR count). The molecule has 1 aliphatic heterocycles. The zero-order chi connectivity index (χ0) is 38.7. The smallest absolute Gasteiger partial charge is 0.343 e. The van der Waals surface area contributed by atoms with Gasteiger partial charge in [-0.25, -0.2) is 0 Å². The van der Waals surface area contributed by atoms with E-state index >= 15 is 0 Å². The van der Waals surface area contributed by atoms with Crippen LogP contribution in [0.5, 0.6) is 0 Å². The molecule has 10 atom stereocenters. The van der Waals surface area contributed by atoms with Gasteiger partial charge in [-0.05, 0) is 63.8 Å². The van der Waals surface area contributed by atoms with Crippen molar-refractivity contribution in [3.05, 3.63) is 10.2 Å². The average molecular weight is 855 g/mol. The van der Waals surface area contributed by atoms with Gasteiger partial charge in [0.15, 0.2) is 16.6 Å². The fraction of sp³-hybridized carbons (Fsp3) is 0.923. The van der Waals surface area contributed by atoms with Gasteiger partial charge in [0.05, 0.1) is 24.4 Å². The number of hydrogen-bond donors (Lipinski definition) is 1. The number of carbonyl (C=O) groups excluding carboxylic acids is 1. The molecule has 0 aromatic heterocycles. The molecule has 0 amide bonds. The van der Waals surface area contributed by atoms with Crippen LogP contribution in [0.3, 0.4) is 0 Å². The number of halogens is 1. The second-order valence-corrected chi connectivity index (χ2v) is 33.9. The van der Waals surface area contributed by atoms with Crippen molar-refractivity contribution in [1.29, 1.82) is 0 Å². The van der Waals surface area contributed by atoms with E-state index in [-0.39, 0.29) is 68.9 Å². The van der Waals surface area contributed by atoms with Crippen molar-refractivity contribution in [2.75, 3.05) is 6.61 Å². The number of Topliss-reactive ketones (excluding diaryl/α,β-unsaturated/α-hetero) is 1. The van der Waals surface area contributed by atoms with E-state index < -0.39 is 43.1 Å². The molecule has 1 aliphatic rings. The van der Waals surface area contributed by atoms with Crippen LogP contribution >= 0.6 is 22.6 Å². The first-order valence-electron chi connectivity index (χ1n) is 19.1. The molecule has 0 unspecified atom stereocenters. The normalized spacial score (nSPS) is 25.7. The molecule has 0 aliphatic carbocycles. The maximum atomic E-state index is 14.4. The van der Waals surface area contributed by atoms with Gasteiger partial charge in [-0.3, -0.25) is 4.79 Å². The summed E-state index contributed by atoms with van der Waals surface area (Å²) in [5.41, 5.74) is 0.496. The Morgan fingerprint density at radius 2 is 1.31 bits per heavy atom. The van der Waals surface area contributed by atoms with E-state index in [1.807, 2.05) is 24.9 Å². The Labute approximate surface area is 320 Å². The quantitative estimate of drug-likeness (QED) is 0.116. The van der Waals surface area contributed by atoms with Gasteiger partial charge in [-0.1, -0.05) is 139 Å². The standard InChI is InChI=1S/C39H79IO6Si3/c1-25(2)49(26(3)4)45-35(28(6)24-43-47(17,18)38(11,12)13)31(9)37(46-49)32(10)36(44-48(19,20)39(14,15)16)30(8)34(42)29(7)33(41)27(5)22-21-23-40/h21,23,25-33,35-37,41H,22,24H2,1-20H3/b23-21+/t27-,28+,29+,30-,31+,32-,33+,35-,36+,37-/m1/s1. The predicted octanol–water partition coefficient (Wildman–Crippen LogP) is 11.5. The lowest BCUT2D eigenvalue weighted by Gasteiger charge is -2.55. The molecule has 1 heterocycles. The van der Waals surface area contributed by atoms with Gasteiger partial charge in [0, 0.05) is 36.2 Å². The first kappa shape index (κ1) is 47.6. The minimum atomic E-state index is -2.73. The highest BCUT2D eigenvalue weighted by Crippen LogP contribution is 2.48. The predicted molar refractivity (Wildman–Crippen MR) is 225 cm³/mol. The number of hydrogen-bond acceptors (Lipinski definition) is 6. The Kier molecular flexibility index (Phi) is 17.8. The van der Waals surface area contributed by atoms with Crippen LogP contribution in [0, 0.1) is 35.5 Å². The van der Waals surface area contributed by atoms with Crippen molar-refractivity contribution in [1.82, 2.24) is 0 Å². The molecule has 6 nitrogen and oxygen atoms in total. The number of rotatable bonds is 17. The average Bonchev–Trinajstić information content (AvgIpc) is 2.98. The molecule has 1 fully saturated rings. The Hall–Kier alpha value is 0.591. The number of allylic oxidation sites excluding steroid dienone is 1. The number of carbonyl (C=O) groups is 1. The number of aliphatic hydroxyl groups is 1. The third-order valence-corrected chi connectivity index (χ3v) is 26.7. The van der Waals surface area contributed by atoms with Crippen LogP contribution in [0.1, 0.15) is 117 Å². The van der Waals surface area contributed by atoms with Crippen LogP contribution in [0.2, 0.25) is 47.3 Å². The van der Waals surface area contributed by atoms with Crippen molar-refractivity contribution in [3.8, 4) is 0 Å². The van der Waals surface area contributed by atoms with Crippen LogP contribution in [-0.4, -0.2) is 67.1 Å². The van der Waals surface area contributed by atoms with Gasteiger partial charge in [0.1, 0.15) is 5.78 Å². The van der Waals surface area contributed by atoms with Gasteiger partial charge in [-0.15, -0.1) is 0 Å². The van der Waals surface area contributed by atoms with Crippen molar-refractivity contribution >= 4 is 53.6 Å². The van der Waals surface area contributed by atoms with E-state index in [9.17, 15) is 9.90 Å². The van der Waals surface area contributed by atoms with E-state index in [1.54, 1.807) is 0 Å². The summed E-state index contributed by atoms with van der Waals surface area (Å²) in [6.07, 6.45) is 1.53. The monoisotopic (exact) mass is 854 g/mol. The van der Waals surface area contributed by atoms with E-state index in [2.05, 4.69) is 145 Å². The van der Waals surface area contributed by atoms with E-state index in [0.717, 1.165) is 6.42 Å². The maximum Gasteiger partial charge on any atom is 0.343 e. The molecule has 0 aromatic rings. The summed E-state index contributed by atoms with van der Waals surface area (Å²) in [5, 5.41) is 11.4. The van der Waals surface area contributed by atoms with Crippen LogP contribution in [0.4, 0.5) is 0 Å². The minimum absolute atomic E-state index is 0.0207. The summed E-state index contributed by atoms with van der Waals surface area (Å²) in [5.74, 6) is -0.688. The van der Waals surface area contributed by atoms with E-state index in [1.165, 1.54) is 0 Å². The summed E-state index contributed by atoms with van der Waals surface area (Å²) in [6, 6.07) is 0. The van der Waals surface area contributed by atoms with E-state index in [4.69, 9.17) is 17.7 Å². The van der Waals surface area contributed by atoms with Gasteiger partial charge in [0.2, 0.25) is 0 Å². The molecule has 290 valence electrons. The first-order chi connectivity index (χ1) is 22.0. The largest absolute Gasteiger partial charge is 0.416 e. The number of ketones is 1. The van der Waals surface area contributed by atoms with Gasteiger partial charge < -0.3 is 22.8 Å². The molecule has 0 aromatic carbocycles. The zero-order valence-corrected chi connectivity index (χ0v) is 40.5. The minimum Gasteiger partial charge on any atom is -0.416 e. The SMILES string of the molecule is CC(C)[Si]1(C(C)C)O[C@@H]([C@H](C)[C@@H](O[Si](C)(C)C(C)(C)C)[C@H](C)C(=O)[C@@H](C)[C@@H](O)[C@H](C)C/C=C/I)[C@@H](C)[C@@H]([C@@H](C)CO[Si](C)(C)C(C)(C)C)O1. The van der Waals surface area contributed by atoms with Gasteiger partial charge in [0.25, 0.3) is 0 Å². The van der Waals surface area contributed by atoms with Crippen molar-refractivity contribution in [2.45, 2.75) is 189 Å². The lowest BCUT2D eigenvalue weighted by molar-refractivity contribution is -0.140. The molecular formula is C39H79IO6Si3. The fourth-order valence-electron chi connectivity index (χ4n) is 6.95. The molecule has 10 heteroatoms. The third kappa shape index (κ3) is 11.5. The van der Waals surface area contributed by atoms with Crippen LogP contribution < -0.4 is 0 Å². The molecule has 0 spiro atoms. The Morgan fingerprint density at radius 1 is 0.837 bits per heavy atom. The fourth-order valence-corrected chi connectivity index (χ4v) is 14.0. The summed E-state index contributed by atoms with van der Waals surface area (Å²) in [7, 11) is -7.00. The highest BCUT2D eigenvalue weighted by Gasteiger charge is 2.57. The second-order valence-electron chi connectivity index (χ2n) is 19.4. The van der Waals surface area contributed by atoms with Crippen molar-refractivity contribution in [3.63, 3.8) is 0 Å². The summed E-state index contributed by atoms with van der Waals surface area (Å²) >= 11 is 2.20. The summed E-state index contributed by atoms with van der Waals surface area (Å²) < 4.78 is 30.8. The van der Waals surface area contributed by atoms with Gasteiger partial charge >= 0.3 is 8.56 Å². The lowest BCUT2D eigenvalue weighted by atomic mass is 9.76. The van der Waals surface area contributed by atoms with Crippen molar-refractivity contribution < 1.29 is 27.6 Å². The topological polar surface area (TPSA) is 74.2 Å². The molecule has 49 heavy (non-hydrogen) atoms. The van der Waals surface area contributed by atoms with E-state index in [0.29, 0.717) is 6.61 Å². The molecular weight excluding hydrogens is 776 g/mol. The lowest BCUT2D eigenvalue weighted by Crippen LogP contribution is -2.64. The van der Waals surface area contributed by atoms with Crippen molar-refractivity contribution in [2.24, 2.45) is 35.5 Å². The second kappa shape index (κ2) is 18.3. The zero-order valence-electron chi connectivity index (χ0n) is 35.4. The highest BCUT2D eigenvalue weighted by atomic mass is 127. The van der Waals surface area contributed by atoms with Crippen LogP contribution in [-0.2, 0) is 22.5 Å². The maximum absolute atomic E-state index is 14.4. The first-order valence-corrected chi connectivity index (χ1v) is 28.2.